The van der Waals surface area contributed by atoms with Crippen LogP contribution in [0.2, 0.25) is 0 Å². The van der Waals surface area contributed by atoms with Crippen LogP contribution in [0.4, 0.5) is 5.69 Å². The highest BCUT2D eigenvalue weighted by molar-refractivity contribution is 9.10. The monoisotopic (exact) mass is 317 g/mol. The van der Waals surface area contributed by atoms with Crippen molar-refractivity contribution in [2.45, 2.75) is 39.8 Å². The SMILES string of the molecule is CC(C)Cn1ncc(NCC(C)(C)O)c(Br)c1=O. The standard InChI is InChI=1S/C12H20BrN3O2/c1-8(2)6-16-11(17)10(13)9(5-15-16)14-7-12(3,4)18/h5,8,14,18H,6-7H2,1-4H3. The second-order valence-corrected chi connectivity index (χ2v) is 6.21. The highest BCUT2D eigenvalue weighted by Gasteiger charge is 2.15. The van der Waals surface area contributed by atoms with Crippen molar-refractivity contribution in [3.05, 3.63) is 21.0 Å². The van der Waals surface area contributed by atoms with Gasteiger partial charge in [0.25, 0.3) is 5.56 Å². The number of nitrogens with one attached hydrogen (secondary N) is 1. The molecule has 0 saturated heterocycles. The highest BCUT2D eigenvalue weighted by atomic mass is 79.9. The van der Waals surface area contributed by atoms with E-state index in [-0.39, 0.29) is 5.56 Å². The van der Waals surface area contributed by atoms with Gasteiger partial charge in [-0.3, -0.25) is 4.79 Å². The van der Waals surface area contributed by atoms with Crippen molar-refractivity contribution in [3.63, 3.8) is 0 Å². The number of halogens is 1. The van der Waals surface area contributed by atoms with E-state index in [1.165, 1.54) is 4.68 Å². The number of aliphatic hydroxyl groups is 1. The summed E-state index contributed by atoms with van der Waals surface area (Å²) < 4.78 is 1.88. The maximum Gasteiger partial charge on any atom is 0.283 e. The zero-order chi connectivity index (χ0) is 13.9. The fraction of sp³-hybridized carbons (Fsp3) is 0.667. The molecule has 0 aliphatic carbocycles. The third-order valence-corrected chi connectivity index (χ3v) is 3.00. The molecular formula is C12H20BrN3O2. The second kappa shape index (κ2) is 5.84. The fourth-order valence-corrected chi connectivity index (χ4v) is 1.82. The Morgan fingerprint density at radius 3 is 2.67 bits per heavy atom. The summed E-state index contributed by atoms with van der Waals surface area (Å²) in [7, 11) is 0. The zero-order valence-electron chi connectivity index (χ0n) is 11.2. The Hall–Kier alpha value is -0.880. The van der Waals surface area contributed by atoms with Gasteiger partial charge in [-0.2, -0.15) is 5.10 Å². The van der Waals surface area contributed by atoms with E-state index in [0.717, 1.165) is 0 Å². The Labute approximate surface area is 115 Å². The van der Waals surface area contributed by atoms with Crippen molar-refractivity contribution in [3.8, 4) is 0 Å². The van der Waals surface area contributed by atoms with Crippen molar-refractivity contribution >= 4 is 21.6 Å². The molecule has 0 atom stereocenters. The Kier molecular flexibility index (Phi) is 4.92. The average molecular weight is 318 g/mol. The maximum atomic E-state index is 12.0. The van der Waals surface area contributed by atoms with Gasteiger partial charge in [-0.25, -0.2) is 4.68 Å². The second-order valence-electron chi connectivity index (χ2n) is 5.42. The van der Waals surface area contributed by atoms with Crippen LogP contribution >= 0.6 is 15.9 Å². The minimum absolute atomic E-state index is 0.163. The molecule has 0 radical (unpaired) electrons. The summed E-state index contributed by atoms with van der Waals surface area (Å²) >= 11 is 3.27. The molecule has 0 bridgehead atoms. The third kappa shape index (κ3) is 4.42. The smallest absolute Gasteiger partial charge is 0.283 e. The van der Waals surface area contributed by atoms with E-state index >= 15 is 0 Å². The number of anilines is 1. The van der Waals surface area contributed by atoms with Crippen LogP contribution in [0.3, 0.4) is 0 Å². The molecule has 0 amide bonds. The summed E-state index contributed by atoms with van der Waals surface area (Å²) in [5.74, 6) is 0.359. The van der Waals surface area contributed by atoms with E-state index in [1.54, 1.807) is 20.0 Å². The molecule has 0 aliphatic heterocycles. The van der Waals surface area contributed by atoms with Gasteiger partial charge in [0.1, 0.15) is 4.47 Å². The molecule has 2 N–H and O–H groups in total. The van der Waals surface area contributed by atoms with Crippen molar-refractivity contribution in [1.29, 1.82) is 0 Å². The lowest BCUT2D eigenvalue weighted by molar-refractivity contribution is 0.0945. The van der Waals surface area contributed by atoms with Crippen LogP contribution in [0.5, 0.6) is 0 Å². The summed E-state index contributed by atoms with van der Waals surface area (Å²) in [5.41, 5.74) is -0.404. The van der Waals surface area contributed by atoms with E-state index in [0.29, 0.717) is 29.2 Å². The van der Waals surface area contributed by atoms with Crippen molar-refractivity contribution in [2.24, 2.45) is 5.92 Å². The molecule has 0 unspecified atom stereocenters. The quantitative estimate of drug-likeness (QED) is 0.869. The van der Waals surface area contributed by atoms with E-state index in [4.69, 9.17) is 0 Å². The normalized spacial score (nSPS) is 11.9. The number of nitrogens with zero attached hydrogens (tertiary/aromatic N) is 2. The first-order valence-electron chi connectivity index (χ1n) is 5.92. The molecule has 0 saturated carbocycles. The van der Waals surface area contributed by atoms with Gasteiger partial charge in [0.2, 0.25) is 0 Å². The molecule has 0 spiro atoms. The van der Waals surface area contributed by atoms with E-state index in [9.17, 15) is 9.90 Å². The Morgan fingerprint density at radius 2 is 2.17 bits per heavy atom. The number of hydrogen-bond donors (Lipinski definition) is 2. The molecule has 5 nitrogen and oxygen atoms in total. The lowest BCUT2D eigenvalue weighted by atomic mass is 10.1. The summed E-state index contributed by atoms with van der Waals surface area (Å²) in [4.78, 5) is 12.0. The van der Waals surface area contributed by atoms with Gasteiger partial charge in [-0.1, -0.05) is 13.8 Å². The number of rotatable bonds is 5. The lowest BCUT2D eigenvalue weighted by Crippen LogP contribution is -2.31. The molecule has 6 heteroatoms. The van der Waals surface area contributed by atoms with Gasteiger partial charge in [0.05, 0.1) is 17.5 Å². The Bertz CT molecular complexity index is 463. The minimum Gasteiger partial charge on any atom is -0.389 e. The molecule has 1 aromatic heterocycles. The highest BCUT2D eigenvalue weighted by Crippen LogP contribution is 2.17. The van der Waals surface area contributed by atoms with Crippen molar-refractivity contribution < 1.29 is 5.11 Å². The molecule has 0 aromatic carbocycles. The summed E-state index contributed by atoms with van der Waals surface area (Å²) in [6, 6.07) is 0. The molecule has 0 aliphatic rings. The summed E-state index contributed by atoms with van der Waals surface area (Å²) in [5, 5.41) is 16.7. The summed E-state index contributed by atoms with van der Waals surface area (Å²) in [6.45, 7) is 8.39. The predicted molar refractivity (Wildman–Crippen MR) is 75.8 cm³/mol. The van der Waals surface area contributed by atoms with Gasteiger partial charge < -0.3 is 10.4 Å². The summed E-state index contributed by atoms with van der Waals surface area (Å²) in [6.07, 6.45) is 1.60. The van der Waals surface area contributed by atoms with Gasteiger partial charge in [-0.05, 0) is 35.7 Å². The largest absolute Gasteiger partial charge is 0.389 e. The molecule has 18 heavy (non-hydrogen) atoms. The zero-order valence-corrected chi connectivity index (χ0v) is 12.8. The lowest BCUT2D eigenvalue weighted by Gasteiger charge is -2.19. The third-order valence-electron chi connectivity index (χ3n) is 2.23. The van der Waals surface area contributed by atoms with Crippen LogP contribution in [0.15, 0.2) is 15.5 Å². The van der Waals surface area contributed by atoms with Crippen LogP contribution in [-0.2, 0) is 6.54 Å². The number of hydrogen-bond acceptors (Lipinski definition) is 4. The van der Waals surface area contributed by atoms with Crippen LogP contribution in [0.25, 0.3) is 0 Å². The van der Waals surface area contributed by atoms with Crippen molar-refractivity contribution in [1.82, 2.24) is 9.78 Å². The maximum absolute atomic E-state index is 12.0. The average Bonchev–Trinajstić information content (AvgIpc) is 2.22. The van der Waals surface area contributed by atoms with Gasteiger partial charge in [0, 0.05) is 13.1 Å². The van der Waals surface area contributed by atoms with Crippen LogP contribution in [-0.4, -0.2) is 27.0 Å². The minimum atomic E-state index is -0.841. The van der Waals surface area contributed by atoms with Crippen LogP contribution in [0.1, 0.15) is 27.7 Å². The van der Waals surface area contributed by atoms with Gasteiger partial charge >= 0.3 is 0 Å². The number of aromatic nitrogens is 2. The van der Waals surface area contributed by atoms with E-state index < -0.39 is 5.60 Å². The van der Waals surface area contributed by atoms with Crippen LogP contribution in [0, 0.1) is 5.92 Å². The predicted octanol–water partition coefficient (Wildman–Crippen LogP) is 1.84. The first-order valence-corrected chi connectivity index (χ1v) is 6.72. The Balaban J connectivity index is 2.91. The topological polar surface area (TPSA) is 67.2 Å². The Morgan fingerprint density at radius 1 is 1.56 bits per heavy atom. The van der Waals surface area contributed by atoms with E-state index in [2.05, 4.69) is 26.3 Å². The first-order chi connectivity index (χ1) is 8.20. The molecule has 0 fully saturated rings. The molecule has 1 aromatic rings. The van der Waals surface area contributed by atoms with Crippen molar-refractivity contribution in [2.75, 3.05) is 11.9 Å². The van der Waals surface area contributed by atoms with Gasteiger partial charge in [0.15, 0.2) is 0 Å². The molecule has 102 valence electrons. The van der Waals surface area contributed by atoms with E-state index in [1.807, 2.05) is 13.8 Å². The fourth-order valence-electron chi connectivity index (χ4n) is 1.38. The molecule has 1 heterocycles. The van der Waals surface area contributed by atoms with Crippen LogP contribution < -0.4 is 10.9 Å². The first kappa shape index (κ1) is 15.2. The van der Waals surface area contributed by atoms with Gasteiger partial charge in [-0.15, -0.1) is 0 Å². The molecule has 1 rings (SSSR count). The molecular weight excluding hydrogens is 298 g/mol.